The highest BCUT2D eigenvalue weighted by molar-refractivity contribution is 4.92. The van der Waals surface area contributed by atoms with E-state index in [1.165, 1.54) is 0 Å². The first-order chi connectivity index (χ1) is 6.62. The van der Waals surface area contributed by atoms with Gasteiger partial charge in [0.05, 0.1) is 6.10 Å². The number of hydrogen-bond donors (Lipinski definition) is 2. The second-order valence-electron chi connectivity index (χ2n) is 4.35. The lowest BCUT2D eigenvalue weighted by atomic mass is 9.86. The lowest BCUT2D eigenvalue weighted by Crippen LogP contribution is -2.60. The summed E-state index contributed by atoms with van der Waals surface area (Å²) in [7, 11) is 4.02. The molecule has 14 heavy (non-hydrogen) atoms. The van der Waals surface area contributed by atoms with Crippen molar-refractivity contribution in [2.45, 2.75) is 37.8 Å². The molecule has 84 valence electrons. The van der Waals surface area contributed by atoms with Crippen LogP contribution in [0.1, 0.15) is 26.2 Å². The molecule has 0 spiro atoms. The van der Waals surface area contributed by atoms with Crippen LogP contribution in [0, 0.1) is 0 Å². The predicted octanol–water partition coefficient (Wildman–Crippen LogP) is 0.339. The maximum absolute atomic E-state index is 5.86. The van der Waals surface area contributed by atoms with Gasteiger partial charge in [-0.15, -0.1) is 0 Å². The zero-order valence-electron chi connectivity index (χ0n) is 9.55. The molecule has 2 unspecified atom stereocenters. The molecule has 1 aliphatic heterocycles. The number of rotatable bonds is 4. The summed E-state index contributed by atoms with van der Waals surface area (Å²) < 4.78 is 5.65. The van der Waals surface area contributed by atoms with Crippen molar-refractivity contribution in [3.63, 3.8) is 0 Å². The smallest absolute Gasteiger partial charge is 0.0591 e. The largest absolute Gasteiger partial charge is 0.378 e. The summed E-state index contributed by atoms with van der Waals surface area (Å²) in [5, 5.41) is 1.99. The van der Waals surface area contributed by atoms with Gasteiger partial charge in [0.1, 0.15) is 0 Å². The summed E-state index contributed by atoms with van der Waals surface area (Å²) in [6.07, 6.45) is 3.44. The van der Waals surface area contributed by atoms with Crippen molar-refractivity contribution in [1.29, 1.82) is 0 Å². The monoisotopic (exact) mass is 201 g/mol. The van der Waals surface area contributed by atoms with Crippen molar-refractivity contribution in [2.75, 3.05) is 27.2 Å². The third kappa shape index (κ3) is 2.92. The van der Waals surface area contributed by atoms with Crippen LogP contribution in [-0.2, 0) is 4.74 Å². The molecule has 1 fully saturated rings. The number of nitrogens with two attached hydrogens (primary N) is 1. The van der Waals surface area contributed by atoms with Crippen LogP contribution in [0.4, 0.5) is 0 Å². The maximum Gasteiger partial charge on any atom is 0.0591 e. The van der Waals surface area contributed by atoms with Gasteiger partial charge in [-0.25, -0.2) is 5.43 Å². The fourth-order valence-electron chi connectivity index (χ4n) is 2.09. The topological polar surface area (TPSA) is 50.5 Å². The Bertz CT molecular complexity index is 175. The van der Waals surface area contributed by atoms with E-state index in [4.69, 9.17) is 10.5 Å². The first kappa shape index (κ1) is 11.9. The van der Waals surface area contributed by atoms with Crippen LogP contribution in [-0.4, -0.2) is 43.9 Å². The minimum atomic E-state index is 0.0441. The molecule has 0 aliphatic carbocycles. The van der Waals surface area contributed by atoms with Crippen LogP contribution < -0.4 is 11.2 Å². The molecule has 0 aromatic heterocycles. The fourth-order valence-corrected chi connectivity index (χ4v) is 2.09. The molecule has 1 heterocycles. The Labute approximate surface area is 86.8 Å². The van der Waals surface area contributed by atoms with Gasteiger partial charge in [-0.2, -0.15) is 0 Å². The van der Waals surface area contributed by atoms with Gasteiger partial charge in [-0.3, -0.25) is 5.01 Å². The summed E-state index contributed by atoms with van der Waals surface area (Å²) in [5.74, 6) is 0. The molecular formula is C10H23N3O. The summed E-state index contributed by atoms with van der Waals surface area (Å²) in [6.45, 7) is 3.65. The van der Waals surface area contributed by atoms with Gasteiger partial charge in [0, 0.05) is 32.8 Å². The number of hydrogen-bond acceptors (Lipinski definition) is 4. The molecule has 1 rings (SSSR count). The Morgan fingerprint density at radius 1 is 1.57 bits per heavy atom. The van der Waals surface area contributed by atoms with Crippen LogP contribution in [0.3, 0.4) is 0 Å². The zero-order chi connectivity index (χ0) is 10.6. The molecule has 1 aliphatic rings. The highest BCUT2D eigenvalue weighted by atomic mass is 16.5. The second-order valence-corrected chi connectivity index (χ2v) is 4.35. The molecule has 0 bridgehead atoms. The van der Waals surface area contributed by atoms with Crippen LogP contribution in [0.5, 0.6) is 0 Å². The molecule has 3 N–H and O–H groups in total. The first-order valence-electron chi connectivity index (χ1n) is 5.38. The van der Waals surface area contributed by atoms with Crippen LogP contribution >= 0.6 is 0 Å². The molecule has 0 radical (unpaired) electrons. The van der Waals surface area contributed by atoms with Gasteiger partial charge < -0.3 is 10.5 Å². The molecule has 0 saturated carbocycles. The lowest BCUT2D eigenvalue weighted by Gasteiger charge is -2.42. The highest BCUT2D eigenvalue weighted by Gasteiger charge is 2.35. The Morgan fingerprint density at radius 2 is 2.29 bits per heavy atom. The summed E-state index contributed by atoms with van der Waals surface area (Å²) in [6, 6.07) is 0. The zero-order valence-corrected chi connectivity index (χ0v) is 9.55. The van der Waals surface area contributed by atoms with Crippen molar-refractivity contribution >= 4 is 0 Å². The molecular weight excluding hydrogens is 178 g/mol. The van der Waals surface area contributed by atoms with E-state index in [0.717, 1.165) is 25.9 Å². The van der Waals surface area contributed by atoms with Crippen molar-refractivity contribution in [3.8, 4) is 0 Å². The van der Waals surface area contributed by atoms with E-state index in [2.05, 4.69) is 12.3 Å². The van der Waals surface area contributed by atoms with Gasteiger partial charge in [0.25, 0.3) is 0 Å². The van der Waals surface area contributed by atoms with Crippen molar-refractivity contribution in [1.82, 2.24) is 10.4 Å². The Morgan fingerprint density at radius 3 is 2.79 bits per heavy atom. The molecule has 1 saturated heterocycles. The van der Waals surface area contributed by atoms with Crippen LogP contribution in [0.15, 0.2) is 0 Å². The molecule has 0 amide bonds. The molecule has 2 atom stereocenters. The van der Waals surface area contributed by atoms with E-state index in [9.17, 15) is 0 Å². The Hall–Kier alpha value is -0.160. The Balaban J connectivity index is 2.58. The normalized spacial score (nSPS) is 33.6. The van der Waals surface area contributed by atoms with E-state index >= 15 is 0 Å². The average Bonchev–Trinajstić information content (AvgIpc) is 2.17. The van der Waals surface area contributed by atoms with Crippen molar-refractivity contribution in [2.24, 2.45) is 5.73 Å². The van der Waals surface area contributed by atoms with E-state index in [1.807, 2.05) is 19.1 Å². The standard InChI is InChI=1S/C10H23N3O/c1-4-9-7-10(8-11,5-6-14-9)12-13(2)3/h9,12H,4-8,11H2,1-3H3. The molecule has 4 heteroatoms. The van der Waals surface area contributed by atoms with Crippen LogP contribution in [0.25, 0.3) is 0 Å². The maximum atomic E-state index is 5.86. The van der Waals surface area contributed by atoms with Crippen molar-refractivity contribution in [3.05, 3.63) is 0 Å². The minimum Gasteiger partial charge on any atom is -0.378 e. The van der Waals surface area contributed by atoms with E-state index in [0.29, 0.717) is 12.6 Å². The highest BCUT2D eigenvalue weighted by Crippen LogP contribution is 2.25. The SMILES string of the molecule is CCC1CC(CN)(NN(C)C)CCO1. The lowest BCUT2D eigenvalue weighted by molar-refractivity contribution is -0.0446. The second kappa shape index (κ2) is 5.07. The third-order valence-corrected chi connectivity index (χ3v) is 2.86. The number of ether oxygens (including phenoxy) is 1. The van der Waals surface area contributed by atoms with Crippen molar-refractivity contribution < 1.29 is 4.74 Å². The van der Waals surface area contributed by atoms with Gasteiger partial charge in [0.2, 0.25) is 0 Å². The average molecular weight is 201 g/mol. The van der Waals surface area contributed by atoms with E-state index < -0.39 is 0 Å². The predicted molar refractivity (Wildman–Crippen MR) is 57.9 cm³/mol. The Kier molecular flexibility index (Phi) is 4.31. The summed E-state index contributed by atoms with van der Waals surface area (Å²) in [5.41, 5.74) is 9.34. The quantitative estimate of drug-likeness (QED) is 0.644. The third-order valence-electron chi connectivity index (χ3n) is 2.86. The van der Waals surface area contributed by atoms with Gasteiger partial charge >= 0.3 is 0 Å². The molecule has 0 aromatic rings. The van der Waals surface area contributed by atoms with Gasteiger partial charge in [-0.1, -0.05) is 6.92 Å². The van der Waals surface area contributed by atoms with E-state index in [-0.39, 0.29) is 5.54 Å². The van der Waals surface area contributed by atoms with Gasteiger partial charge in [0.15, 0.2) is 0 Å². The first-order valence-corrected chi connectivity index (χ1v) is 5.38. The van der Waals surface area contributed by atoms with E-state index in [1.54, 1.807) is 0 Å². The fraction of sp³-hybridized carbons (Fsp3) is 1.00. The van der Waals surface area contributed by atoms with Crippen LogP contribution in [0.2, 0.25) is 0 Å². The number of nitrogens with zero attached hydrogens (tertiary/aromatic N) is 1. The van der Waals surface area contributed by atoms with Gasteiger partial charge in [-0.05, 0) is 19.3 Å². The molecule has 4 nitrogen and oxygen atoms in total. The number of nitrogens with one attached hydrogen (secondary N) is 1. The number of hydrazine groups is 1. The summed E-state index contributed by atoms with van der Waals surface area (Å²) in [4.78, 5) is 0. The summed E-state index contributed by atoms with van der Waals surface area (Å²) >= 11 is 0. The minimum absolute atomic E-state index is 0.0441. The molecule has 0 aromatic carbocycles.